The molecule has 1 saturated heterocycles. The number of hydrogen-bond donors (Lipinski definition) is 1. The van der Waals surface area contributed by atoms with Gasteiger partial charge in [-0.3, -0.25) is 4.79 Å². The van der Waals surface area contributed by atoms with Gasteiger partial charge in [0.05, 0.1) is 17.4 Å². The number of aliphatic carboxylic acids is 1. The maximum atomic E-state index is 13.1. The van der Waals surface area contributed by atoms with E-state index in [9.17, 15) is 18.0 Å². The van der Waals surface area contributed by atoms with Crippen LogP contribution in [0.2, 0.25) is 5.02 Å². The van der Waals surface area contributed by atoms with E-state index in [1.54, 1.807) is 18.2 Å². The first-order chi connectivity index (χ1) is 10.8. The molecule has 1 aromatic carbocycles. The van der Waals surface area contributed by atoms with Crippen molar-refractivity contribution in [1.82, 2.24) is 9.97 Å². The van der Waals surface area contributed by atoms with Crippen molar-refractivity contribution in [1.29, 1.82) is 0 Å². The van der Waals surface area contributed by atoms with Crippen LogP contribution in [0.25, 0.3) is 10.9 Å². The summed E-state index contributed by atoms with van der Waals surface area (Å²) in [5.41, 5.74) is 0.491. The highest BCUT2D eigenvalue weighted by atomic mass is 35.5. The fraction of sp³-hybridized carbons (Fsp3) is 0.357. The summed E-state index contributed by atoms with van der Waals surface area (Å²) in [5, 5.41) is 10.1. The van der Waals surface area contributed by atoms with Crippen LogP contribution in [0.4, 0.5) is 19.0 Å². The lowest BCUT2D eigenvalue weighted by atomic mass is 9.96. The third kappa shape index (κ3) is 2.90. The Morgan fingerprint density at radius 2 is 2.04 bits per heavy atom. The van der Waals surface area contributed by atoms with Crippen LogP contribution in [0, 0.1) is 11.8 Å². The van der Waals surface area contributed by atoms with Crippen LogP contribution in [0.3, 0.4) is 0 Å². The number of halogens is 4. The van der Waals surface area contributed by atoms with E-state index in [0.717, 1.165) is 0 Å². The van der Waals surface area contributed by atoms with Crippen molar-refractivity contribution < 1.29 is 23.1 Å². The Kier molecular flexibility index (Phi) is 3.79. The number of fused-ring (bicyclic) bond motifs is 1. The lowest BCUT2D eigenvalue weighted by molar-refractivity contribution is -0.187. The van der Waals surface area contributed by atoms with Crippen LogP contribution < -0.4 is 4.90 Å². The second kappa shape index (κ2) is 5.52. The molecule has 0 radical (unpaired) electrons. The van der Waals surface area contributed by atoms with Crippen molar-refractivity contribution >= 4 is 34.3 Å². The standard InChI is InChI=1S/C14H11ClF3N3O2/c15-7-1-2-8-11(3-7)19-6-20-12(8)21-4-9(13(22)23)10(5-21)14(16,17)18/h1-3,6,9-10H,4-5H2,(H,22,23)/t9-,10-/m1/s1. The zero-order valence-electron chi connectivity index (χ0n) is 11.6. The molecule has 23 heavy (non-hydrogen) atoms. The van der Waals surface area contributed by atoms with Gasteiger partial charge < -0.3 is 10.0 Å². The van der Waals surface area contributed by atoms with Crippen molar-refractivity contribution in [2.75, 3.05) is 18.0 Å². The van der Waals surface area contributed by atoms with Crippen LogP contribution in [-0.4, -0.2) is 40.3 Å². The first-order valence-electron chi connectivity index (χ1n) is 6.72. The van der Waals surface area contributed by atoms with E-state index in [2.05, 4.69) is 9.97 Å². The molecule has 9 heteroatoms. The molecule has 3 rings (SSSR count). The molecule has 2 atom stereocenters. The van der Waals surface area contributed by atoms with Crippen LogP contribution in [0.15, 0.2) is 24.5 Å². The van der Waals surface area contributed by atoms with E-state index >= 15 is 0 Å². The predicted octanol–water partition coefficient (Wildman–Crippen LogP) is 2.98. The van der Waals surface area contributed by atoms with Gasteiger partial charge in [-0.15, -0.1) is 0 Å². The van der Waals surface area contributed by atoms with Crippen LogP contribution in [0.5, 0.6) is 0 Å². The van der Waals surface area contributed by atoms with Crippen LogP contribution in [0.1, 0.15) is 0 Å². The molecule has 1 fully saturated rings. The summed E-state index contributed by atoms with van der Waals surface area (Å²) < 4.78 is 39.3. The van der Waals surface area contributed by atoms with Crippen molar-refractivity contribution in [2.45, 2.75) is 6.18 Å². The zero-order chi connectivity index (χ0) is 16.8. The van der Waals surface area contributed by atoms with Gasteiger partial charge in [0.2, 0.25) is 0 Å². The molecule has 1 aliphatic heterocycles. The molecule has 0 bridgehead atoms. The monoisotopic (exact) mass is 345 g/mol. The number of alkyl halides is 3. The SMILES string of the molecule is O=C(O)[C@@H]1CN(c2ncnc3cc(Cl)ccc23)C[C@H]1C(F)(F)F. The minimum absolute atomic E-state index is 0.256. The Bertz CT molecular complexity index is 769. The number of carboxylic acid groups (broad SMARTS) is 1. The van der Waals surface area contributed by atoms with Gasteiger partial charge in [-0.2, -0.15) is 13.2 Å². The predicted molar refractivity (Wildman–Crippen MR) is 77.4 cm³/mol. The molecule has 5 nitrogen and oxygen atoms in total. The lowest BCUT2D eigenvalue weighted by Crippen LogP contribution is -2.33. The number of nitrogens with zero attached hydrogens (tertiary/aromatic N) is 3. The second-order valence-corrected chi connectivity index (χ2v) is 5.79. The van der Waals surface area contributed by atoms with E-state index in [0.29, 0.717) is 15.9 Å². The van der Waals surface area contributed by atoms with Crippen molar-refractivity contribution in [2.24, 2.45) is 11.8 Å². The van der Waals surface area contributed by atoms with Crippen LogP contribution in [-0.2, 0) is 4.79 Å². The first-order valence-corrected chi connectivity index (χ1v) is 7.10. The van der Waals surface area contributed by atoms with Gasteiger partial charge >= 0.3 is 12.1 Å². The van der Waals surface area contributed by atoms with Gasteiger partial charge in [0.25, 0.3) is 0 Å². The third-order valence-corrected chi connectivity index (χ3v) is 4.17. The number of aromatic nitrogens is 2. The summed E-state index contributed by atoms with van der Waals surface area (Å²) in [6, 6.07) is 4.78. The average Bonchev–Trinajstić information content (AvgIpc) is 2.91. The number of carboxylic acids is 1. The molecule has 0 spiro atoms. The number of rotatable bonds is 2. The molecule has 1 aromatic heterocycles. The van der Waals surface area contributed by atoms with E-state index in [-0.39, 0.29) is 12.4 Å². The topological polar surface area (TPSA) is 66.3 Å². The quantitative estimate of drug-likeness (QED) is 0.906. The molecule has 2 heterocycles. The number of benzene rings is 1. The second-order valence-electron chi connectivity index (χ2n) is 5.36. The third-order valence-electron chi connectivity index (χ3n) is 3.93. The summed E-state index contributed by atoms with van der Waals surface area (Å²) in [4.78, 5) is 20.6. The largest absolute Gasteiger partial charge is 0.481 e. The van der Waals surface area contributed by atoms with Crippen molar-refractivity contribution in [3.8, 4) is 0 Å². The molecule has 122 valence electrons. The van der Waals surface area contributed by atoms with Gasteiger partial charge in [0, 0.05) is 23.5 Å². The molecule has 2 aromatic rings. The Hall–Kier alpha value is -2.09. The zero-order valence-corrected chi connectivity index (χ0v) is 12.3. The van der Waals surface area contributed by atoms with Crippen molar-refractivity contribution in [3.63, 3.8) is 0 Å². The molecule has 0 aliphatic carbocycles. The normalized spacial score (nSPS) is 21.8. The van der Waals surface area contributed by atoms with E-state index < -0.39 is 30.5 Å². The smallest absolute Gasteiger partial charge is 0.394 e. The maximum absolute atomic E-state index is 13.1. The highest BCUT2D eigenvalue weighted by molar-refractivity contribution is 6.31. The molecule has 1 N–H and O–H groups in total. The number of anilines is 1. The average molecular weight is 346 g/mol. The first kappa shape index (κ1) is 15.8. The number of hydrogen-bond acceptors (Lipinski definition) is 4. The molecule has 0 unspecified atom stereocenters. The van der Waals surface area contributed by atoms with Gasteiger partial charge in [-0.25, -0.2) is 9.97 Å². The molecular formula is C14H11ClF3N3O2. The van der Waals surface area contributed by atoms with Gasteiger partial charge in [-0.1, -0.05) is 11.6 Å². The van der Waals surface area contributed by atoms with E-state index in [1.807, 2.05) is 0 Å². The summed E-state index contributed by atoms with van der Waals surface area (Å²) in [6.07, 6.45) is -3.35. The van der Waals surface area contributed by atoms with Gasteiger partial charge in [0.15, 0.2) is 0 Å². The molecule has 1 aliphatic rings. The van der Waals surface area contributed by atoms with E-state index in [1.165, 1.54) is 11.2 Å². The van der Waals surface area contributed by atoms with Crippen molar-refractivity contribution in [3.05, 3.63) is 29.5 Å². The van der Waals surface area contributed by atoms with Crippen LogP contribution >= 0.6 is 11.6 Å². The molecule has 0 saturated carbocycles. The van der Waals surface area contributed by atoms with E-state index in [4.69, 9.17) is 16.7 Å². The highest BCUT2D eigenvalue weighted by Gasteiger charge is 2.53. The summed E-state index contributed by atoms with van der Waals surface area (Å²) >= 11 is 5.88. The highest BCUT2D eigenvalue weighted by Crippen LogP contribution is 2.40. The fourth-order valence-electron chi connectivity index (χ4n) is 2.83. The number of carbonyl (C=O) groups is 1. The minimum atomic E-state index is -4.58. The molecular weight excluding hydrogens is 335 g/mol. The maximum Gasteiger partial charge on any atom is 0.394 e. The fourth-order valence-corrected chi connectivity index (χ4v) is 2.99. The Balaban J connectivity index is 2.02. The Morgan fingerprint density at radius 3 is 2.65 bits per heavy atom. The van der Waals surface area contributed by atoms with Gasteiger partial charge in [-0.05, 0) is 18.2 Å². The minimum Gasteiger partial charge on any atom is -0.481 e. The summed E-state index contributed by atoms with van der Waals surface area (Å²) in [5.74, 6) is -4.63. The molecule has 0 amide bonds. The van der Waals surface area contributed by atoms with Gasteiger partial charge in [0.1, 0.15) is 12.1 Å². The summed E-state index contributed by atoms with van der Waals surface area (Å²) in [7, 11) is 0. The Labute approximate surface area is 133 Å². The Morgan fingerprint density at radius 1 is 1.30 bits per heavy atom. The lowest BCUT2D eigenvalue weighted by Gasteiger charge is -2.19. The summed E-state index contributed by atoms with van der Waals surface area (Å²) in [6.45, 7) is -0.705.